The number of aliphatic hydroxyl groups excluding tert-OH is 1. The average molecular weight is 435 g/mol. The predicted molar refractivity (Wildman–Crippen MR) is 123 cm³/mol. The summed E-state index contributed by atoms with van der Waals surface area (Å²) in [4.78, 5) is 21.1. The van der Waals surface area contributed by atoms with E-state index in [1.165, 1.54) is 0 Å². The highest BCUT2D eigenvalue weighted by Gasteiger charge is 2.42. The molecule has 10 heteroatoms. The molecule has 0 saturated carbocycles. The number of benzene rings is 1. The van der Waals surface area contributed by atoms with Crippen LogP contribution in [0.2, 0.25) is 0 Å². The van der Waals surface area contributed by atoms with E-state index in [0.29, 0.717) is 12.4 Å². The quantitative estimate of drug-likeness (QED) is 0.172. The van der Waals surface area contributed by atoms with Crippen molar-refractivity contribution in [3.05, 3.63) is 61.7 Å². The molecule has 1 aromatic rings. The van der Waals surface area contributed by atoms with Gasteiger partial charge < -0.3 is 15.7 Å². The maximum atomic E-state index is 11.6. The number of nitrogens with one attached hydrogen (secondary N) is 2. The van der Waals surface area contributed by atoms with Gasteiger partial charge in [-0.3, -0.25) is 9.98 Å². The zero-order valence-corrected chi connectivity index (χ0v) is 18.0. The number of guanidine groups is 1. The van der Waals surface area contributed by atoms with Crippen LogP contribution in [0.5, 0.6) is 0 Å². The molecule has 0 bridgehead atoms. The Morgan fingerprint density at radius 2 is 2.34 bits per heavy atom. The number of hydrogen-bond donors (Lipinski definition) is 3. The first-order valence-electron chi connectivity index (χ1n) is 9.21. The first-order valence-corrected chi connectivity index (χ1v) is 12.3. The van der Waals surface area contributed by atoms with Crippen LogP contribution in [0.4, 0.5) is 0 Å². The molecule has 156 valence electrons. The van der Waals surface area contributed by atoms with Crippen LogP contribution in [0, 0.1) is 4.91 Å². The lowest BCUT2D eigenvalue weighted by atomic mass is 10.1. The van der Waals surface area contributed by atoms with Gasteiger partial charge in [0, 0.05) is 18.0 Å². The maximum Gasteiger partial charge on any atom is 0.191 e. The summed E-state index contributed by atoms with van der Waals surface area (Å²) in [5.41, 5.74) is 2.51. The molecule has 2 heterocycles. The fraction of sp³-hybridized carbons (Fsp3) is 0.368. The molecule has 2 aliphatic heterocycles. The SMILES string of the molecule is C=N/C(=C\SCNC1=NCCCN1)C1=CS1(C)N(Cc1cccc(CO)c1)N=O. The lowest BCUT2D eigenvalue weighted by molar-refractivity contribution is 0.281. The summed E-state index contributed by atoms with van der Waals surface area (Å²) < 4.78 is 1.57. The lowest BCUT2D eigenvalue weighted by Crippen LogP contribution is -2.40. The molecular weight excluding hydrogens is 408 g/mol. The Morgan fingerprint density at radius 3 is 3.03 bits per heavy atom. The molecular formula is C19H26N6O2S2. The van der Waals surface area contributed by atoms with E-state index in [0.717, 1.165) is 47.2 Å². The van der Waals surface area contributed by atoms with Crippen LogP contribution >= 0.6 is 22.0 Å². The smallest absolute Gasteiger partial charge is 0.191 e. The molecule has 0 amide bonds. The van der Waals surface area contributed by atoms with E-state index < -0.39 is 10.2 Å². The van der Waals surface area contributed by atoms with Gasteiger partial charge in [-0.2, -0.15) is 0 Å². The average Bonchev–Trinajstić information content (AvgIpc) is 3.45. The summed E-state index contributed by atoms with van der Waals surface area (Å²) in [5.74, 6) is 1.49. The van der Waals surface area contributed by atoms with Gasteiger partial charge in [-0.1, -0.05) is 34.5 Å². The lowest BCUT2D eigenvalue weighted by Gasteiger charge is -2.29. The van der Waals surface area contributed by atoms with Crippen LogP contribution < -0.4 is 10.6 Å². The van der Waals surface area contributed by atoms with Crippen molar-refractivity contribution in [1.82, 2.24) is 15.0 Å². The van der Waals surface area contributed by atoms with E-state index in [1.54, 1.807) is 16.2 Å². The van der Waals surface area contributed by atoms with Crippen molar-refractivity contribution in [2.45, 2.75) is 19.6 Å². The standard InChI is InChI=1S/C19H26N6O2S2/c1-20-17(12-28-14-23-19-21-7-4-8-22-19)18-13-29(18,2)25(24-27)10-15-5-3-6-16(9-15)11-26/h3,5-6,9,12-13,26H,1,4,7-8,10-11,14H2,2H3,(H2,21,22,23)/b17-12-. The van der Waals surface area contributed by atoms with Crippen molar-refractivity contribution in [2.24, 2.45) is 15.3 Å². The van der Waals surface area contributed by atoms with Crippen LogP contribution in [0.15, 0.2) is 61.0 Å². The highest BCUT2D eigenvalue weighted by atomic mass is 32.3. The van der Waals surface area contributed by atoms with Crippen molar-refractivity contribution < 1.29 is 5.11 Å². The summed E-state index contributed by atoms with van der Waals surface area (Å²) in [5, 5.41) is 23.0. The Bertz CT molecular complexity index is 857. The molecule has 0 aliphatic carbocycles. The number of aliphatic hydroxyl groups is 1. The van der Waals surface area contributed by atoms with Crippen molar-refractivity contribution in [2.75, 3.05) is 25.2 Å². The minimum absolute atomic E-state index is 0.0313. The predicted octanol–water partition coefficient (Wildman–Crippen LogP) is 3.04. The second kappa shape index (κ2) is 9.95. The van der Waals surface area contributed by atoms with Gasteiger partial charge in [0.15, 0.2) is 5.96 Å². The Morgan fingerprint density at radius 1 is 1.52 bits per heavy atom. The Hall–Kier alpha value is -2.30. The largest absolute Gasteiger partial charge is 0.392 e. The molecule has 2 aliphatic rings. The van der Waals surface area contributed by atoms with Crippen LogP contribution in [-0.4, -0.2) is 47.4 Å². The summed E-state index contributed by atoms with van der Waals surface area (Å²) >= 11 is 1.57. The first kappa shape index (κ1) is 21.4. The van der Waals surface area contributed by atoms with Crippen LogP contribution in [0.25, 0.3) is 0 Å². The highest BCUT2D eigenvalue weighted by molar-refractivity contribution is 8.42. The van der Waals surface area contributed by atoms with Crippen molar-refractivity contribution in [3.8, 4) is 0 Å². The van der Waals surface area contributed by atoms with Gasteiger partial charge in [-0.05, 0) is 41.3 Å². The monoisotopic (exact) mass is 434 g/mol. The zero-order chi connectivity index (χ0) is 20.7. The van der Waals surface area contributed by atoms with E-state index in [1.807, 2.05) is 41.3 Å². The topological polar surface area (TPSA) is 102 Å². The molecule has 0 radical (unpaired) electrons. The minimum atomic E-state index is -1.58. The van der Waals surface area contributed by atoms with Gasteiger partial charge in [0.1, 0.15) is 0 Å². The Labute approximate surface area is 176 Å². The van der Waals surface area contributed by atoms with Gasteiger partial charge in [-0.15, -0.1) is 16.7 Å². The highest BCUT2D eigenvalue weighted by Crippen LogP contribution is 2.73. The summed E-state index contributed by atoms with van der Waals surface area (Å²) in [6.45, 7) is 5.82. The number of thioether (sulfide) groups is 1. The second-order valence-corrected chi connectivity index (χ2v) is 10.5. The van der Waals surface area contributed by atoms with Crippen LogP contribution in [-0.2, 0) is 13.2 Å². The van der Waals surface area contributed by atoms with Crippen LogP contribution in [0.1, 0.15) is 17.5 Å². The molecule has 0 saturated heterocycles. The van der Waals surface area contributed by atoms with Gasteiger partial charge in [0.25, 0.3) is 0 Å². The van der Waals surface area contributed by atoms with Crippen molar-refractivity contribution >= 4 is 34.7 Å². The van der Waals surface area contributed by atoms with Gasteiger partial charge in [-0.25, -0.2) is 4.41 Å². The molecule has 1 aromatic carbocycles. The molecule has 0 spiro atoms. The molecule has 0 fully saturated rings. The number of nitrogens with zero attached hydrogens (tertiary/aromatic N) is 4. The zero-order valence-electron chi connectivity index (χ0n) is 16.4. The summed E-state index contributed by atoms with van der Waals surface area (Å²) in [6.07, 6.45) is 3.08. The molecule has 1 unspecified atom stereocenters. The molecule has 8 nitrogen and oxygen atoms in total. The number of nitroso groups, excluding NO2 is 1. The molecule has 3 N–H and O–H groups in total. The van der Waals surface area contributed by atoms with Crippen molar-refractivity contribution in [3.63, 3.8) is 0 Å². The second-order valence-electron chi connectivity index (χ2n) is 6.65. The number of aliphatic imine (C=N–C) groups is 2. The third-order valence-electron chi connectivity index (χ3n) is 4.58. The maximum absolute atomic E-state index is 11.6. The number of hydrogen-bond acceptors (Lipinski definition) is 8. The van der Waals surface area contributed by atoms with E-state index in [4.69, 9.17) is 0 Å². The fourth-order valence-corrected chi connectivity index (χ4v) is 6.00. The van der Waals surface area contributed by atoms with Gasteiger partial charge >= 0.3 is 0 Å². The molecule has 3 rings (SSSR count). The third kappa shape index (κ3) is 5.40. The Kier molecular flexibility index (Phi) is 7.34. The van der Waals surface area contributed by atoms with E-state index in [2.05, 4.69) is 32.6 Å². The summed E-state index contributed by atoms with van der Waals surface area (Å²) in [6, 6.07) is 7.53. The third-order valence-corrected chi connectivity index (χ3v) is 8.01. The number of rotatable bonds is 10. The normalized spacial score (nSPS) is 23.0. The van der Waals surface area contributed by atoms with Gasteiger partial charge in [0.05, 0.1) is 30.0 Å². The van der Waals surface area contributed by atoms with Crippen molar-refractivity contribution in [1.29, 1.82) is 0 Å². The summed E-state index contributed by atoms with van der Waals surface area (Å²) in [7, 11) is -1.58. The van der Waals surface area contributed by atoms with E-state index in [9.17, 15) is 10.0 Å². The molecule has 29 heavy (non-hydrogen) atoms. The molecule has 1 atom stereocenters. The van der Waals surface area contributed by atoms with E-state index >= 15 is 0 Å². The minimum Gasteiger partial charge on any atom is -0.392 e. The van der Waals surface area contributed by atoms with Crippen LogP contribution in [0.3, 0.4) is 0 Å². The molecule has 0 aromatic heterocycles. The van der Waals surface area contributed by atoms with E-state index in [-0.39, 0.29) is 6.61 Å². The van der Waals surface area contributed by atoms with Gasteiger partial charge in [0.2, 0.25) is 0 Å². The fourth-order valence-electron chi connectivity index (χ4n) is 2.90. The Balaban J connectivity index is 1.58. The first-order chi connectivity index (χ1) is 14.1.